The minimum Gasteiger partial charge on any atom is -0.394 e. The van der Waals surface area contributed by atoms with E-state index in [9.17, 15) is 5.11 Å². The van der Waals surface area contributed by atoms with Crippen molar-refractivity contribution in [2.24, 2.45) is 0 Å². The number of likely N-dealkylation sites (N-methyl/N-ethyl adjacent to an activating group) is 1. The minimum atomic E-state index is 0.252. The van der Waals surface area contributed by atoms with Gasteiger partial charge in [0, 0.05) is 12.2 Å². The van der Waals surface area contributed by atoms with Crippen molar-refractivity contribution in [2.75, 3.05) is 18.1 Å². The van der Waals surface area contributed by atoms with Gasteiger partial charge in [-0.25, -0.2) is 0 Å². The molecule has 70 valence electrons. The highest BCUT2D eigenvalue weighted by molar-refractivity contribution is 5.59. The molecule has 0 amide bonds. The van der Waals surface area contributed by atoms with Crippen LogP contribution in [-0.4, -0.2) is 24.3 Å². The molecule has 1 aromatic carbocycles. The highest BCUT2D eigenvalue weighted by atomic mass is 16.3. The SMILES string of the molecule is CCN1c2ccccc2CC1CO. The first-order chi connectivity index (χ1) is 6.36. The van der Waals surface area contributed by atoms with E-state index in [1.807, 2.05) is 0 Å². The fraction of sp³-hybridized carbons (Fsp3) is 0.455. The molecular formula is C11H15NO. The molecule has 0 bridgehead atoms. The maximum Gasteiger partial charge on any atom is 0.0638 e. The Labute approximate surface area is 78.8 Å². The van der Waals surface area contributed by atoms with E-state index in [1.54, 1.807) is 0 Å². The monoisotopic (exact) mass is 177 g/mol. The fourth-order valence-corrected chi connectivity index (χ4v) is 2.12. The Morgan fingerprint density at radius 1 is 1.46 bits per heavy atom. The number of rotatable bonds is 2. The van der Waals surface area contributed by atoms with Crippen LogP contribution in [0.1, 0.15) is 12.5 Å². The molecule has 1 aliphatic rings. The third-order valence-electron chi connectivity index (χ3n) is 2.75. The van der Waals surface area contributed by atoms with Crippen LogP contribution in [0.4, 0.5) is 5.69 Å². The first-order valence-electron chi connectivity index (χ1n) is 4.82. The van der Waals surface area contributed by atoms with Gasteiger partial charge in [0.2, 0.25) is 0 Å². The van der Waals surface area contributed by atoms with E-state index in [-0.39, 0.29) is 6.61 Å². The number of hydrogen-bond donors (Lipinski definition) is 1. The summed E-state index contributed by atoms with van der Waals surface area (Å²) in [6.07, 6.45) is 0.987. The summed E-state index contributed by atoms with van der Waals surface area (Å²) in [4.78, 5) is 2.27. The van der Waals surface area contributed by atoms with Crippen LogP contribution in [-0.2, 0) is 6.42 Å². The highest BCUT2D eigenvalue weighted by Crippen LogP contribution is 2.31. The minimum absolute atomic E-state index is 0.252. The molecule has 0 saturated carbocycles. The molecule has 2 nitrogen and oxygen atoms in total. The molecule has 0 spiro atoms. The predicted octanol–water partition coefficient (Wildman–Crippen LogP) is 1.43. The van der Waals surface area contributed by atoms with Gasteiger partial charge in [-0.05, 0) is 25.0 Å². The zero-order valence-electron chi connectivity index (χ0n) is 7.90. The maximum absolute atomic E-state index is 9.20. The van der Waals surface area contributed by atoms with Gasteiger partial charge in [0.25, 0.3) is 0 Å². The van der Waals surface area contributed by atoms with Gasteiger partial charge in [0.1, 0.15) is 0 Å². The Morgan fingerprint density at radius 3 is 2.92 bits per heavy atom. The first kappa shape index (κ1) is 8.57. The fourth-order valence-electron chi connectivity index (χ4n) is 2.12. The number of nitrogens with zero attached hydrogens (tertiary/aromatic N) is 1. The Morgan fingerprint density at radius 2 is 2.23 bits per heavy atom. The van der Waals surface area contributed by atoms with Gasteiger partial charge in [0.15, 0.2) is 0 Å². The van der Waals surface area contributed by atoms with E-state index in [0.717, 1.165) is 13.0 Å². The summed E-state index contributed by atoms with van der Waals surface area (Å²) in [7, 11) is 0. The topological polar surface area (TPSA) is 23.5 Å². The van der Waals surface area contributed by atoms with Crippen molar-refractivity contribution in [3.63, 3.8) is 0 Å². The summed E-state index contributed by atoms with van der Waals surface area (Å²) >= 11 is 0. The third-order valence-corrected chi connectivity index (χ3v) is 2.75. The quantitative estimate of drug-likeness (QED) is 0.738. The second-order valence-corrected chi connectivity index (χ2v) is 3.46. The van der Waals surface area contributed by atoms with Gasteiger partial charge in [-0.3, -0.25) is 0 Å². The van der Waals surface area contributed by atoms with Crippen LogP contribution in [0.25, 0.3) is 0 Å². The van der Waals surface area contributed by atoms with Crippen molar-refractivity contribution < 1.29 is 5.11 Å². The first-order valence-corrected chi connectivity index (χ1v) is 4.82. The zero-order valence-corrected chi connectivity index (χ0v) is 7.90. The Hall–Kier alpha value is -1.02. The highest BCUT2D eigenvalue weighted by Gasteiger charge is 2.26. The van der Waals surface area contributed by atoms with E-state index in [0.29, 0.717) is 6.04 Å². The van der Waals surface area contributed by atoms with Gasteiger partial charge in [-0.15, -0.1) is 0 Å². The van der Waals surface area contributed by atoms with E-state index in [4.69, 9.17) is 0 Å². The largest absolute Gasteiger partial charge is 0.394 e. The van der Waals surface area contributed by atoms with E-state index in [2.05, 4.69) is 36.1 Å². The molecule has 0 fully saturated rings. The van der Waals surface area contributed by atoms with Gasteiger partial charge in [-0.2, -0.15) is 0 Å². The summed E-state index contributed by atoms with van der Waals surface area (Å²) in [6, 6.07) is 8.69. The standard InChI is InChI=1S/C11H15NO/c1-2-12-10(8-13)7-9-5-3-4-6-11(9)12/h3-6,10,13H,2,7-8H2,1H3. The van der Waals surface area contributed by atoms with Crippen molar-refractivity contribution in [1.29, 1.82) is 0 Å². The molecule has 13 heavy (non-hydrogen) atoms. The van der Waals surface area contributed by atoms with Gasteiger partial charge < -0.3 is 10.0 Å². The van der Waals surface area contributed by atoms with Crippen molar-refractivity contribution in [3.8, 4) is 0 Å². The van der Waals surface area contributed by atoms with Gasteiger partial charge in [0.05, 0.1) is 12.6 Å². The molecule has 1 aliphatic heterocycles. The number of fused-ring (bicyclic) bond motifs is 1. The summed E-state index contributed by atoms with van der Waals surface area (Å²) in [5, 5.41) is 9.20. The third kappa shape index (κ3) is 1.31. The molecule has 2 heteroatoms. The van der Waals surface area contributed by atoms with E-state index in [1.165, 1.54) is 11.3 Å². The molecule has 0 aromatic heterocycles. The van der Waals surface area contributed by atoms with E-state index >= 15 is 0 Å². The second-order valence-electron chi connectivity index (χ2n) is 3.46. The lowest BCUT2D eigenvalue weighted by Gasteiger charge is -2.24. The Bertz CT molecular complexity index is 298. The molecule has 1 unspecified atom stereocenters. The van der Waals surface area contributed by atoms with E-state index < -0.39 is 0 Å². The normalized spacial score (nSPS) is 20.5. The summed E-state index contributed by atoms with van der Waals surface area (Å²) < 4.78 is 0. The molecule has 1 atom stereocenters. The van der Waals surface area contributed by atoms with Crippen LogP contribution >= 0.6 is 0 Å². The Kier molecular flexibility index (Phi) is 2.23. The van der Waals surface area contributed by atoms with Crippen LogP contribution in [0.3, 0.4) is 0 Å². The number of hydrogen-bond acceptors (Lipinski definition) is 2. The van der Waals surface area contributed by atoms with Crippen molar-refractivity contribution in [3.05, 3.63) is 29.8 Å². The molecular weight excluding hydrogens is 162 g/mol. The second kappa shape index (κ2) is 3.38. The van der Waals surface area contributed by atoms with Crippen LogP contribution in [0.2, 0.25) is 0 Å². The molecule has 0 aliphatic carbocycles. The zero-order chi connectivity index (χ0) is 9.26. The smallest absolute Gasteiger partial charge is 0.0638 e. The lowest BCUT2D eigenvalue weighted by Crippen LogP contribution is -2.34. The molecule has 1 heterocycles. The maximum atomic E-state index is 9.20. The average Bonchev–Trinajstić information content (AvgIpc) is 2.55. The number of aliphatic hydroxyl groups is 1. The predicted molar refractivity (Wildman–Crippen MR) is 54.0 cm³/mol. The number of para-hydroxylation sites is 1. The molecule has 2 rings (SSSR count). The summed E-state index contributed by atoms with van der Waals surface area (Å²) in [6.45, 7) is 3.36. The van der Waals surface area contributed by atoms with Crippen molar-refractivity contribution >= 4 is 5.69 Å². The summed E-state index contributed by atoms with van der Waals surface area (Å²) in [5.74, 6) is 0. The molecule has 1 N–H and O–H groups in total. The Balaban J connectivity index is 2.34. The van der Waals surface area contributed by atoms with Crippen LogP contribution in [0.15, 0.2) is 24.3 Å². The van der Waals surface area contributed by atoms with Crippen LogP contribution in [0.5, 0.6) is 0 Å². The van der Waals surface area contributed by atoms with Gasteiger partial charge in [-0.1, -0.05) is 18.2 Å². The number of aliphatic hydroxyl groups excluding tert-OH is 1. The molecule has 1 aromatic rings. The van der Waals surface area contributed by atoms with Crippen molar-refractivity contribution in [2.45, 2.75) is 19.4 Å². The average molecular weight is 177 g/mol. The van der Waals surface area contributed by atoms with Crippen LogP contribution < -0.4 is 4.90 Å². The molecule has 0 radical (unpaired) electrons. The van der Waals surface area contributed by atoms with Crippen LogP contribution in [0, 0.1) is 0 Å². The van der Waals surface area contributed by atoms with Crippen molar-refractivity contribution in [1.82, 2.24) is 0 Å². The lowest BCUT2D eigenvalue weighted by atomic mass is 10.1. The molecule has 0 saturated heterocycles. The number of anilines is 1. The van der Waals surface area contributed by atoms with Gasteiger partial charge >= 0.3 is 0 Å². The number of benzene rings is 1. The lowest BCUT2D eigenvalue weighted by molar-refractivity contribution is 0.263. The summed E-state index contributed by atoms with van der Waals surface area (Å²) in [5.41, 5.74) is 2.66.